The van der Waals surface area contributed by atoms with Gasteiger partial charge in [-0.3, -0.25) is 4.79 Å². The van der Waals surface area contributed by atoms with Crippen molar-refractivity contribution >= 4 is 5.91 Å². The van der Waals surface area contributed by atoms with Crippen molar-refractivity contribution in [2.75, 3.05) is 27.2 Å². The molecule has 0 bridgehead atoms. The van der Waals surface area contributed by atoms with E-state index in [1.165, 1.54) is 0 Å². The van der Waals surface area contributed by atoms with Crippen LogP contribution < -0.4 is 14.8 Å². The lowest BCUT2D eigenvalue weighted by Gasteiger charge is -2.29. The van der Waals surface area contributed by atoms with Crippen LogP contribution in [0.15, 0.2) is 59.1 Å². The molecule has 7 heteroatoms. The first-order chi connectivity index (χ1) is 15.1. The van der Waals surface area contributed by atoms with E-state index < -0.39 is 0 Å². The highest BCUT2D eigenvalue weighted by Crippen LogP contribution is 2.23. The smallest absolute Gasteiger partial charge is 0.273 e. The summed E-state index contributed by atoms with van der Waals surface area (Å²) < 4.78 is 16.6. The minimum Gasteiger partial charge on any atom is -0.497 e. The SMILES string of the molecule is COc1ccc(-c2cc(C(=O)NCc3cccc(OC4CCN(C)CC4)c3)no2)cc1. The molecule has 0 aliphatic carbocycles. The molecule has 0 atom stereocenters. The number of nitrogens with one attached hydrogen (secondary N) is 1. The molecule has 1 aromatic heterocycles. The van der Waals surface area contributed by atoms with E-state index in [-0.39, 0.29) is 17.7 Å². The summed E-state index contributed by atoms with van der Waals surface area (Å²) in [7, 11) is 3.75. The average Bonchev–Trinajstić information content (AvgIpc) is 3.30. The van der Waals surface area contributed by atoms with Crippen LogP contribution in [0.2, 0.25) is 0 Å². The monoisotopic (exact) mass is 421 g/mol. The van der Waals surface area contributed by atoms with Crippen molar-refractivity contribution in [2.45, 2.75) is 25.5 Å². The second-order valence-corrected chi connectivity index (χ2v) is 7.76. The fraction of sp³-hybridized carbons (Fsp3) is 0.333. The van der Waals surface area contributed by atoms with Crippen LogP contribution in [-0.4, -0.2) is 49.3 Å². The number of carbonyl (C=O) groups is 1. The summed E-state index contributed by atoms with van der Waals surface area (Å²) in [4.78, 5) is 14.8. The number of hydrogen-bond acceptors (Lipinski definition) is 6. The van der Waals surface area contributed by atoms with Crippen LogP contribution >= 0.6 is 0 Å². The zero-order valence-corrected chi connectivity index (χ0v) is 17.8. The first-order valence-electron chi connectivity index (χ1n) is 10.4. The fourth-order valence-electron chi connectivity index (χ4n) is 3.57. The Morgan fingerprint density at radius 1 is 1.13 bits per heavy atom. The number of benzene rings is 2. The lowest BCUT2D eigenvalue weighted by atomic mass is 10.1. The predicted molar refractivity (Wildman–Crippen MR) is 117 cm³/mol. The minimum atomic E-state index is -0.287. The number of piperidine rings is 1. The third-order valence-corrected chi connectivity index (χ3v) is 5.44. The molecule has 31 heavy (non-hydrogen) atoms. The largest absolute Gasteiger partial charge is 0.497 e. The highest BCUT2D eigenvalue weighted by molar-refractivity contribution is 5.93. The predicted octanol–water partition coefficient (Wildman–Crippen LogP) is 3.75. The van der Waals surface area contributed by atoms with E-state index >= 15 is 0 Å². The Bertz CT molecular complexity index is 1010. The van der Waals surface area contributed by atoms with Crippen molar-refractivity contribution in [3.05, 3.63) is 65.9 Å². The molecule has 1 amide bonds. The van der Waals surface area contributed by atoms with E-state index in [0.717, 1.165) is 48.6 Å². The molecule has 0 radical (unpaired) electrons. The van der Waals surface area contributed by atoms with Crippen molar-refractivity contribution in [1.82, 2.24) is 15.4 Å². The second kappa shape index (κ2) is 9.66. The minimum absolute atomic E-state index is 0.240. The maximum absolute atomic E-state index is 12.5. The van der Waals surface area contributed by atoms with Gasteiger partial charge in [0.05, 0.1) is 7.11 Å². The number of nitrogens with zero attached hydrogens (tertiary/aromatic N) is 2. The maximum Gasteiger partial charge on any atom is 0.273 e. The number of rotatable bonds is 7. The molecule has 7 nitrogen and oxygen atoms in total. The molecule has 0 saturated carbocycles. The first kappa shape index (κ1) is 20.9. The molecule has 1 saturated heterocycles. The summed E-state index contributed by atoms with van der Waals surface area (Å²) in [5, 5.41) is 6.79. The second-order valence-electron chi connectivity index (χ2n) is 7.76. The van der Waals surface area contributed by atoms with Crippen LogP contribution in [0.25, 0.3) is 11.3 Å². The van der Waals surface area contributed by atoms with E-state index in [2.05, 4.69) is 22.4 Å². The van der Waals surface area contributed by atoms with Gasteiger partial charge in [0.2, 0.25) is 0 Å². The Kier molecular flexibility index (Phi) is 6.52. The third kappa shape index (κ3) is 5.44. The van der Waals surface area contributed by atoms with Gasteiger partial charge in [0.25, 0.3) is 5.91 Å². The normalized spacial score (nSPS) is 14.9. The number of hydrogen-bond donors (Lipinski definition) is 1. The van der Waals surface area contributed by atoms with Crippen LogP contribution in [0.4, 0.5) is 0 Å². The number of aromatic nitrogens is 1. The summed E-state index contributed by atoms with van der Waals surface area (Å²) in [6.45, 7) is 2.49. The number of methoxy groups -OCH3 is 1. The molecule has 4 rings (SSSR count). The zero-order chi connectivity index (χ0) is 21.6. The number of amides is 1. The molecule has 3 aromatic rings. The van der Waals surface area contributed by atoms with Gasteiger partial charge in [-0.1, -0.05) is 17.3 Å². The van der Waals surface area contributed by atoms with Crippen molar-refractivity contribution in [1.29, 1.82) is 0 Å². The molecular weight excluding hydrogens is 394 g/mol. The highest BCUT2D eigenvalue weighted by Gasteiger charge is 2.18. The summed E-state index contributed by atoms with van der Waals surface area (Å²) in [6, 6.07) is 16.9. The molecular formula is C24H27N3O4. The van der Waals surface area contributed by atoms with Crippen molar-refractivity contribution in [3.63, 3.8) is 0 Å². The van der Waals surface area contributed by atoms with Gasteiger partial charge in [0.15, 0.2) is 11.5 Å². The van der Waals surface area contributed by atoms with Gasteiger partial charge in [-0.25, -0.2) is 0 Å². The van der Waals surface area contributed by atoms with Crippen LogP contribution in [-0.2, 0) is 6.54 Å². The molecule has 2 heterocycles. The van der Waals surface area contributed by atoms with Crippen LogP contribution in [0, 0.1) is 0 Å². The number of ether oxygens (including phenoxy) is 2. The van der Waals surface area contributed by atoms with Crippen LogP contribution in [0.5, 0.6) is 11.5 Å². The van der Waals surface area contributed by atoms with E-state index in [9.17, 15) is 4.79 Å². The Balaban J connectivity index is 1.33. The third-order valence-electron chi connectivity index (χ3n) is 5.44. The summed E-state index contributed by atoms with van der Waals surface area (Å²) >= 11 is 0. The lowest BCUT2D eigenvalue weighted by molar-refractivity contribution is 0.0941. The fourth-order valence-corrected chi connectivity index (χ4v) is 3.57. The van der Waals surface area contributed by atoms with Gasteiger partial charge in [-0.2, -0.15) is 0 Å². The Labute approximate surface area is 181 Å². The molecule has 1 aliphatic rings. The Morgan fingerprint density at radius 3 is 2.65 bits per heavy atom. The van der Waals surface area contributed by atoms with Crippen molar-refractivity contribution in [3.8, 4) is 22.8 Å². The molecule has 1 aliphatic heterocycles. The quantitative estimate of drug-likeness (QED) is 0.626. The molecule has 1 fully saturated rings. The number of likely N-dealkylation sites (tertiary alicyclic amines) is 1. The van der Waals surface area contributed by atoms with Gasteiger partial charge in [-0.05, 0) is 61.9 Å². The molecule has 1 N–H and O–H groups in total. The maximum atomic E-state index is 12.5. The Hall–Kier alpha value is -3.32. The van der Waals surface area contributed by atoms with Gasteiger partial charge >= 0.3 is 0 Å². The summed E-state index contributed by atoms with van der Waals surface area (Å²) in [6.07, 6.45) is 2.30. The standard InChI is InChI=1S/C24H27N3O4/c1-27-12-10-20(11-13-27)30-21-5-3-4-17(14-21)16-25-24(28)22-15-23(31-26-22)18-6-8-19(29-2)9-7-18/h3-9,14-15,20H,10-13,16H2,1-2H3,(H,25,28). The molecule has 0 unspecified atom stereocenters. The van der Waals surface area contributed by atoms with Gasteiger partial charge in [-0.15, -0.1) is 0 Å². The van der Waals surface area contributed by atoms with E-state index in [4.69, 9.17) is 14.0 Å². The van der Waals surface area contributed by atoms with Crippen molar-refractivity contribution < 1.29 is 18.8 Å². The van der Waals surface area contributed by atoms with Gasteiger partial charge in [0, 0.05) is 31.3 Å². The van der Waals surface area contributed by atoms with Crippen LogP contribution in [0.1, 0.15) is 28.9 Å². The van der Waals surface area contributed by atoms with Gasteiger partial charge in [0.1, 0.15) is 17.6 Å². The zero-order valence-electron chi connectivity index (χ0n) is 17.8. The first-order valence-corrected chi connectivity index (χ1v) is 10.4. The molecule has 0 spiro atoms. The molecule has 2 aromatic carbocycles. The van der Waals surface area contributed by atoms with E-state index in [1.54, 1.807) is 13.2 Å². The number of carbonyl (C=O) groups excluding carboxylic acids is 1. The van der Waals surface area contributed by atoms with E-state index in [1.807, 2.05) is 48.5 Å². The van der Waals surface area contributed by atoms with Gasteiger partial charge < -0.3 is 24.2 Å². The molecule has 162 valence electrons. The summed E-state index contributed by atoms with van der Waals surface area (Å²) in [5.74, 6) is 1.83. The van der Waals surface area contributed by atoms with Crippen LogP contribution in [0.3, 0.4) is 0 Å². The topological polar surface area (TPSA) is 76.8 Å². The Morgan fingerprint density at radius 2 is 1.90 bits per heavy atom. The lowest BCUT2D eigenvalue weighted by Crippen LogP contribution is -2.35. The van der Waals surface area contributed by atoms with E-state index in [0.29, 0.717) is 12.3 Å². The summed E-state index contributed by atoms with van der Waals surface area (Å²) in [5.41, 5.74) is 2.04. The average molecular weight is 421 g/mol. The van der Waals surface area contributed by atoms with Crippen molar-refractivity contribution in [2.24, 2.45) is 0 Å². The highest BCUT2D eigenvalue weighted by atomic mass is 16.5.